The SMILES string of the molecule is COc1cccc(-c2c(C(=O)c3ccc(C)o3)c(O)c(O)n2-c2nc3ccc(F)cc3s2)c1. The predicted octanol–water partition coefficient (Wildman–Crippen LogP) is 5.45. The molecule has 3 heterocycles. The zero-order chi connectivity index (χ0) is 23.3. The van der Waals surface area contributed by atoms with Gasteiger partial charge < -0.3 is 19.4 Å². The Kier molecular flexibility index (Phi) is 4.90. The van der Waals surface area contributed by atoms with Gasteiger partial charge in [-0.15, -0.1) is 0 Å². The first-order chi connectivity index (χ1) is 15.9. The number of thiazole rings is 1. The van der Waals surface area contributed by atoms with Crippen LogP contribution in [-0.2, 0) is 0 Å². The zero-order valence-electron chi connectivity index (χ0n) is 17.5. The molecule has 0 fully saturated rings. The van der Waals surface area contributed by atoms with Crippen LogP contribution in [0.2, 0.25) is 0 Å². The van der Waals surface area contributed by atoms with Crippen LogP contribution in [-0.4, -0.2) is 32.7 Å². The first kappa shape index (κ1) is 20.8. The minimum absolute atomic E-state index is 0.00969. The predicted molar refractivity (Wildman–Crippen MR) is 121 cm³/mol. The van der Waals surface area contributed by atoms with Crippen molar-refractivity contribution in [3.05, 3.63) is 77.5 Å². The smallest absolute Gasteiger partial charge is 0.242 e. The summed E-state index contributed by atoms with van der Waals surface area (Å²) in [5.74, 6) is -1.17. The normalized spacial score (nSPS) is 11.2. The van der Waals surface area contributed by atoms with Crippen LogP contribution in [0, 0.1) is 12.7 Å². The van der Waals surface area contributed by atoms with Crippen LogP contribution in [0.5, 0.6) is 17.4 Å². The maximum Gasteiger partial charge on any atom is 0.242 e. The summed E-state index contributed by atoms with van der Waals surface area (Å²) >= 11 is 1.11. The van der Waals surface area contributed by atoms with E-state index in [2.05, 4.69) is 4.98 Å². The van der Waals surface area contributed by atoms with Gasteiger partial charge >= 0.3 is 0 Å². The van der Waals surface area contributed by atoms with Crippen LogP contribution in [0.3, 0.4) is 0 Å². The van der Waals surface area contributed by atoms with Crippen molar-refractivity contribution in [1.82, 2.24) is 9.55 Å². The van der Waals surface area contributed by atoms with Gasteiger partial charge in [0.2, 0.25) is 11.7 Å². The van der Waals surface area contributed by atoms with Crippen molar-refractivity contribution in [2.75, 3.05) is 7.11 Å². The van der Waals surface area contributed by atoms with Crippen LogP contribution in [0.1, 0.15) is 21.9 Å². The largest absolute Gasteiger partial charge is 0.503 e. The average molecular weight is 464 g/mol. The first-order valence-electron chi connectivity index (χ1n) is 9.86. The third-order valence-corrected chi connectivity index (χ3v) is 6.19. The van der Waals surface area contributed by atoms with Crippen molar-refractivity contribution in [3.8, 4) is 33.8 Å². The number of ether oxygens (including phenoxy) is 1. The lowest BCUT2D eigenvalue weighted by Crippen LogP contribution is -2.04. The van der Waals surface area contributed by atoms with E-state index in [-0.39, 0.29) is 22.1 Å². The molecule has 0 aliphatic heterocycles. The topological polar surface area (TPSA) is 97.7 Å². The maximum atomic E-state index is 13.7. The summed E-state index contributed by atoms with van der Waals surface area (Å²) in [7, 11) is 1.51. The standard InChI is InChI=1S/C24H17FN2O5S/c1-12-6-9-17(32-12)21(28)19-20(13-4-3-5-15(10-13)31-2)27(23(30)22(19)29)24-26-16-8-7-14(25)11-18(16)33-24/h3-11,29-30H,1-2H3. The molecule has 0 saturated carbocycles. The molecule has 2 aromatic carbocycles. The summed E-state index contributed by atoms with van der Waals surface area (Å²) in [5.41, 5.74) is 1.04. The molecule has 0 radical (unpaired) electrons. The molecule has 9 heteroatoms. The number of rotatable bonds is 5. The number of aryl methyl sites for hydroxylation is 1. The van der Waals surface area contributed by atoms with Crippen molar-refractivity contribution < 1.29 is 28.6 Å². The molecule has 5 aromatic rings. The molecule has 0 saturated heterocycles. The summed E-state index contributed by atoms with van der Waals surface area (Å²) in [4.78, 5) is 17.8. The number of furan rings is 1. The number of hydrogen-bond donors (Lipinski definition) is 2. The average Bonchev–Trinajstić information content (AvgIpc) is 3.49. The number of halogens is 1. The van der Waals surface area contributed by atoms with Crippen molar-refractivity contribution in [3.63, 3.8) is 0 Å². The van der Waals surface area contributed by atoms with E-state index in [4.69, 9.17) is 9.15 Å². The molecule has 5 rings (SSSR count). The number of nitrogens with zero attached hydrogens (tertiary/aromatic N) is 2. The van der Waals surface area contributed by atoms with Gasteiger partial charge in [-0.2, -0.15) is 0 Å². The fraction of sp³-hybridized carbons (Fsp3) is 0.0833. The highest BCUT2D eigenvalue weighted by atomic mass is 32.1. The Bertz CT molecular complexity index is 1530. The Morgan fingerprint density at radius 3 is 2.70 bits per heavy atom. The number of aromatic nitrogens is 2. The molecule has 0 aliphatic carbocycles. The molecule has 0 atom stereocenters. The van der Waals surface area contributed by atoms with Gasteiger partial charge in [-0.25, -0.2) is 9.37 Å². The van der Waals surface area contributed by atoms with Gasteiger partial charge in [-0.3, -0.25) is 9.36 Å². The Labute approximate surface area is 190 Å². The zero-order valence-corrected chi connectivity index (χ0v) is 18.3. The molecule has 0 amide bonds. The number of fused-ring (bicyclic) bond motifs is 1. The Morgan fingerprint density at radius 1 is 1.15 bits per heavy atom. The number of aromatic hydroxyl groups is 2. The quantitative estimate of drug-likeness (QED) is 0.336. The number of methoxy groups -OCH3 is 1. The lowest BCUT2D eigenvalue weighted by atomic mass is 10.0. The highest BCUT2D eigenvalue weighted by molar-refractivity contribution is 7.20. The molecule has 2 N–H and O–H groups in total. The molecule has 7 nitrogen and oxygen atoms in total. The van der Waals surface area contributed by atoms with Gasteiger partial charge in [0, 0.05) is 5.56 Å². The van der Waals surface area contributed by atoms with Crippen molar-refractivity contribution in [2.45, 2.75) is 6.92 Å². The number of hydrogen-bond acceptors (Lipinski definition) is 7. The second-order valence-electron chi connectivity index (χ2n) is 7.31. The highest BCUT2D eigenvalue weighted by Crippen LogP contribution is 2.45. The van der Waals surface area contributed by atoms with Gasteiger partial charge in [0.1, 0.15) is 17.3 Å². The van der Waals surface area contributed by atoms with E-state index < -0.39 is 23.2 Å². The minimum Gasteiger partial charge on any atom is -0.503 e. The van der Waals surface area contributed by atoms with E-state index in [1.807, 2.05) is 0 Å². The van der Waals surface area contributed by atoms with Gasteiger partial charge in [0.15, 0.2) is 16.6 Å². The summed E-state index contributed by atoms with van der Waals surface area (Å²) in [6, 6.07) is 14.1. The van der Waals surface area contributed by atoms with Crippen molar-refractivity contribution >= 4 is 27.3 Å². The minimum atomic E-state index is -0.614. The van der Waals surface area contributed by atoms with Crippen LogP contribution < -0.4 is 4.74 Å². The molecule has 0 bridgehead atoms. The number of carbonyl (C=O) groups excluding carboxylic acids is 1. The summed E-state index contributed by atoms with van der Waals surface area (Å²) in [6.07, 6.45) is 0. The second-order valence-corrected chi connectivity index (χ2v) is 8.32. The molecule has 0 aliphatic rings. The molecule has 3 aromatic heterocycles. The third-order valence-electron chi connectivity index (χ3n) is 5.19. The van der Waals surface area contributed by atoms with E-state index in [1.54, 1.807) is 37.3 Å². The second kappa shape index (κ2) is 7.79. The van der Waals surface area contributed by atoms with Crippen LogP contribution in [0.15, 0.2) is 59.0 Å². The maximum absolute atomic E-state index is 13.7. The highest BCUT2D eigenvalue weighted by Gasteiger charge is 2.32. The molecular formula is C24H17FN2O5S. The van der Waals surface area contributed by atoms with Crippen LogP contribution in [0.25, 0.3) is 26.6 Å². The molecule has 33 heavy (non-hydrogen) atoms. The summed E-state index contributed by atoms with van der Waals surface area (Å²) in [6.45, 7) is 1.70. The molecule has 166 valence electrons. The summed E-state index contributed by atoms with van der Waals surface area (Å²) < 4.78 is 26.3. The van der Waals surface area contributed by atoms with Gasteiger partial charge in [0.25, 0.3) is 0 Å². The van der Waals surface area contributed by atoms with Crippen LogP contribution in [0.4, 0.5) is 4.39 Å². The Morgan fingerprint density at radius 2 is 1.97 bits per heavy atom. The van der Waals surface area contributed by atoms with E-state index in [0.717, 1.165) is 11.3 Å². The van der Waals surface area contributed by atoms with E-state index >= 15 is 0 Å². The molecule has 0 spiro atoms. The third kappa shape index (κ3) is 3.42. The fourth-order valence-corrected chi connectivity index (χ4v) is 4.65. The summed E-state index contributed by atoms with van der Waals surface area (Å²) in [5, 5.41) is 22.0. The van der Waals surface area contributed by atoms with Gasteiger partial charge in [0.05, 0.1) is 28.6 Å². The van der Waals surface area contributed by atoms with E-state index in [1.165, 1.54) is 35.9 Å². The lowest BCUT2D eigenvalue weighted by Gasteiger charge is -2.10. The first-order valence-corrected chi connectivity index (χ1v) is 10.7. The van der Waals surface area contributed by atoms with E-state index in [9.17, 15) is 19.4 Å². The number of benzene rings is 2. The van der Waals surface area contributed by atoms with Crippen molar-refractivity contribution in [1.29, 1.82) is 0 Å². The van der Waals surface area contributed by atoms with Crippen LogP contribution >= 0.6 is 11.3 Å². The van der Waals surface area contributed by atoms with E-state index in [0.29, 0.717) is 27.3 Å². The Hall–Kier alpha value is -4.11. The number of carbonyl (C=O) groups is 1. The van der Waals surface area contributed by atoms with Crippen molar-refractivity contribution in [2.24, 2.45) is 0 Å². The molecular weight excluding hydrogens is 447 g/mol. The fourth-order valence-electron chi connectivity index (χ4n) is 3.65. The number of ketones is 1. The lowest BCUT2D eigenvalue weighted by molar-refractivity contribution is 0.101. The monoisotopic (exact) mass is 464 g/mol. The molecule has 0 unspecified atom stereocenters. The van der Waals surface area contributed by atoms with Gasteiger partial charge in [-0.1, -0.05) is 23.5 Å². The Balaban J connectivity index is 1.82. The van der Waals surface area contributed by atoms with Gasteiger partial charge in [-0.05, 0) is 49.4 Å².